The third-order valence-electron chi connectivity index (χ3n) is 11.2. The molecule has 0 amide bonds. The van der Waals surface area contributed by atoms with E-state index in [0.717, 1.165) is 11.4 Å². The number of nitrogens with one attached hydrogen (secondary N) is 1. The molecule has 1 heteroatoms. The Morgan fingerprint density at radius 1 is 0.294 bits per heavy atom. The summed E-state index contributed by atoms with van der Waals surface area (Å²) in [4.78, 5) is 0. The molecule has 0 aliphatic heterocycles. The van der Waals surface area contributed by atoms with Gasteiger partial charge in [-0.1, -0.05) is 188 Å². The lowest BCUT2D eigenvalue weighted by atomic mass is 9.51. The lowest BCUT2D eigenvalue weighted by molar-refractivity contribution is 0.628. The summed E-state index contributed by atoms with van der Waals surface area (Å²) in [6, 6.07) is 75.9. The summed E-state index contributed by atoms with van der Waals surface area (Å²) in [6.07, 6.45) is 0. The predicted molar refractivity (Wildman–Crippen MR) is 211 cm³/mol. The second-order valence-corrected chi connectivity index (χ2v) is 13.7. The van der Waals surface area contributed by atoms with Gasteiger partial charge in [-0.05, 0) is 85.0 Å². The van der Waals surface area contributed by atoms with E-state index in [1.54, 1.807) is 0 Å². The number of hydrogen-bond donors (Lipinski definition) is 1. The van der Waals surface area contributed by atoms with E-state index < -0.39 is 10.8 Å². The lowest BCUT2D eigenvalue weighted by Crippen LogP contribution is -2.44. The van der Waals surface area contributed by atoms with Gasteiger partial charge in [-0.3, -0.25) is 0 Å². The molecule has 0 saturated carbocycles. The molecule has 0 saturated heterocycles. The van der Waals surface area contributed by atoms with Gasteiger partial charge in [-0.2, -0.15) is 0 Å². The zero-order valence-corrected chi connectivity index (χ0v) is 28.1. The molecule has 2 aliphatic rings. The van der Waals surface area contributed by atoms with Crippen molar-refractivity contribution in [3.63, 3.8) is 0 Å². The SMILES string of the molecule is c1ccc(-c2ccc(Nc3ccccc3C3(c4ccccc4)c4ccccc4C4(c5ccccc5)c5ccccc5-c5cccc3c54)cc2)cc1. The van der Waals surface area contributed by atoms with Crippen molar-refractivity contribution in [1.29, 1.82) is 0 Å². The summed E-state index contributed by atoms with van der Waals surface area (Å²) in [7, 11) is 0. The molecule has 0 fully saturated rings. The Morgan fingerprint density at radius 3 is 1.45 bits per heavy atom. The van der Waals surface area contributed by atoms with Crippen LogP contribution in [0, 0.1) is 0 Å². The molecule has 2 atom stereocenters. The molecule has 0 heterocycles. The van der Waals surface area contributed by atoms with E-state index in [1.807, 2.05) is 0 Å². The maximum absolute atomic E-state index is 3.90. The molecule has 2 unspecified atom stereocenters. The number of fused-ring (bicyclic) bond motifs is 5. The summed E-state index contributed by atoms with van der Waals surface area (Å²) in [5.41, 5.74) is 16.5. The minimum absolute atomic E-state index is 0.464. The van der Waals surface area contributed by atoms with Crippen LogP contribution in [-0.4, -0.2) is 0 Å². The molecule has 0 aromatic heterocycles. The molecule has 2 aliphatic carbocycles. The predicted octanol–water partition coefficient (Wildman–Crippen LogP) is 12.2. The Balaban J connectivity index is 1.28. The Bertz CT molecular complexity index is 2540. The Kier molecular flexibility index (Phi) is 6.69. The highest BCUT2D eigenvalue weighted by molar-refractivity contribution is 5.92. The van der Waals surface area contributed by atoms with Crippen LogP contribution in [0.15, 0.2) is 206 Å². The second-order valence-electron chi connectivity index (χ2n) is 13.7. The first-order valence-corrected chi connectivity index (χ1v) is 17.8. The van der Waals surface area contributed by atoms with Crippen LogP contribution in [0.4, 0.5) is 11.4 Å². The first-order chi connectivity index (χ1) is 25.3. The van der Waals surface area contributed by atoms with Gasteiger partial charge in [0.2, 0.25) is 0 Å². The second kappa shape index (κ2) is 11.6. The van der Waals surface area contributed by atoms with E-state index in [9.17, 15) is 0 Å². The minimum atomic E-state index is -0.614. The number of rotatable bonds is 6. The fourth-order valence-electron chi connectivity index (χ4n) is 9.27. The van der Waals surface area contributed by atoms with Gasteiger partial charge in [0.25, 0.3) is 0 Å². The van der Waals surface area contributed by atoms with E-state index in [2.05, 4.69) is 212 Å². The Hall–Kier alpha value is -6.44. The van der Waals surface area contributed by atoms with Crippen molar-refractivity contribution in [3.8, 4) is 22.3 Å². The van der Waals surface area contributed by atoms with Crippen molar-refractivity contribution in [2.75, 3.05) is 5.32 Å². The van der Waals surface area contributed by atoms with Gasteiger partial charge in [0.15, 0.2) is 0 Å². The van der Waals surface area contributed by atoms with Crippen molar-refractivity contribution in [2.45, 2.75) is 10.8 Å². The maximum Gasteiger partial charge on any atom is 0.0728 e. The van der Waals surface area contributed by atoms with Crippen LogP contribution in [-0.2, 0) is 10.8 Å². The van der Waals surface area contributed by atoms with Crippen LogP contribution in [0.5, 0.6) is 0 Å². The van der Waals surface area contributed by atoms with Crippen molar-refractivity contribution in [2.24, 2.45) is 0 Å². The fourth-order valence-corrected chi connectivity index (χ4v) is 9.27. The van der Waals surface area contributed by atoms with Crippen LogP contribution in [0.1, 0.15) is 44.5 Å². The molecule has 0 bridgehead atoms. The summed E-state index contributed by atoms with van der Waals surface area (Å²) in [6.45, 7) is 0. The Labute approximate surface area is 299 Å². The third kappa shape index (κ3) is 4.16. The van der Waals surface area contributed by atoms with Gasteiger partial charge >= 0.3 is 0 Å². The molecule has 8 aromatic carbocycles. The number of benzene rings is 8. The van der Waals surface area contributed by atoms with E-state index in [-0.39, 0.29) is 0 Å². The van der Waals surface area contributed by atoms with Gasteiger partial charge in [-0.15, -0.1) is 0 Å². The van der Waals surface area contributed by atoms with Gasteiger partial charge in [0.1, 0.15) is 0 Å². The highest BCUT2D eigenvalue weighted by Crippen LogP contribution is 2.66. The molecule has 8 aromatic rings. The topological polar surface area (TPSA) is 12.0 Å². The maximum atomic E-state index is 3.90. The van der Waals surface area contributed by atoms with Gasteiger partial charge < -0.3 is 5.32 Å². The van der Waals surface area contributed by atoms with Gasteiger partial charge in [-0.25, -0.2) is 0 Å². The monoisotopic (exact) mass is 649 g/mol. The van der Waals surface area contributed by atoms with Crippen molar-refractivity contribution >= 4 is 11.4 Å². The van der Waals surface area contributed by atoms with E-state index in [1.165, 1.54) is 66.8 Å². The quantitative estimate of drug-likeness (QED) is 0.189. The van der Waals surface area contributed by atoms with Crippen LogP contribution < -0.4 is 5.32 Å². The number of hydrogen-bond acceptors (Lipinski definition) is 1. The van der Waals surface area contributed by atoms with Crippen LogP contribution in [0.3, 0.4) is 0 Å². The average Bonchev–Trinajstić information content (AvgIpc) is 3.52. The first-order valence-electron chi connectivity index (χ1n) is 17.8. The standard InChI is InChI=1S/C50H35N/c1-4-17-35(18-5-1)36-31-33-39(34-32-36)51-47-30-15-14-28-45(47)49(37-19-6-2-7-20-37)43-26-12-13-27-44(43)50(38-21-8-3-9-22-38)42-25-11-10-23-40(42)41-24-16-29-46(49)48(41)50/h1-34,51H. The van der Waals surface area contributed by atoms with Crippen molar-refractivity contribution in [3.05, 3.63) is 251 Å². The minimum Gasteiger partial charge on any atom is -0.355 e. The van der Waals surface area contributed by atoms with Gasteiger partial charge in [0.05, 0.1) is 10.8 Å². The van der Waals surface area contributed by atoms with Crippen LogP contribution in [0.25, 0.3) is 22.3 Å². The fraction of sp³-hybridized carbons (Fsp3) is 0.0400. The number of para-hydroxylation sites is 1. The van der Waals surface area contributed by atoms with E-state index >= 15 is 0 Å². The lowest BCUT2D eigenvalue weighted by Gasteiger charge is -2.50. The molecule has 10 rings (SSSR count). The zero-order chi connectivity index (χ0) is 33.8. The summed E-state index contributed by atoms with van der Waals surface area (Å²) >= 11 is 0. The van der Waals surface area contributed by atoms with Crippen molar-refractivity contribution in [1.82, 2.24) is 0 Å². The first kappa shape index (κ1) is 29.5. The summed E-state index contributed by atoms with van der Waals surface area (Å²) < 4.78 is 0. The Morgan fingerprint density at radius 2 is 0.765 bits per heavy atom. The number of anilines is 2. The molecule has 0 spiro atoms. The molecule has 51 heavy (non-hydrogen) atoms. The normalized spacial score (nSPS) is 18.0. The van der Waals surface area contributed by atoms with Crippen LogP contribution in [0.2, 0.25) is 0 Å². The molecular weight excluding hydrogens is 615 g/mol. The molecule has 240 valence electrons. The smallest absolute Gasteiger partial charge is 0.0728 e. The van der Waals surface area contributed by atoms with Crippen LogP contribution >= 0.6 is 0 Å². The molecule has 0 radical (unpaired) electrons. The molecule has 1 nitrogen and oxygen atoms in total. The van der Waals surface area contributed by atoms with Gasteiger partial charge in [0, 0.05) is 11.4 Å². The average molecular weight is 650 g/mol. The highest BCUT2D eigenvalue weighted by Gasteiger charge is 2.57. The summed E-state index contributed by atoms with van der Waals surface area (Å²) in [5.74, 6) is 0. The van der Waals surface area contributed by atoms with E-state index in [4.69, 9.17) is 0 Å². The zero-order valence-electron chi connectivity index (χ0n) is 28.1. The van der Waals surface area contributed by atoms with Crippen molar-refractivity contribution < 1.29 is 0 Å². The highest BCUT2D eigenvalue weighted by atomic mass is 14.9. The molecule has 1 N–H and O–H groups in total. The molecular formula is C50H35N. The van der Waals surface area contributed by atoms with E-state index in [0.29, 0.717) is 0 Å². The third-order valence-corrected chi connectivity index (χ3v) is 11.2. The summed E-state index contributed by atoms with van der Waals surface area (Å²) in [5, 5.41) is 3.90. The largest absolute Gasteiger partial charge is 0.355 e.